The Morgan fingerprint density at radius 1 is 0.963 bits per heavy atom. The smallest absolute Gasteiger partial charge is 0.297 e. The number of methoxy groups -OCH3 is 1. The van der Waals surface area contributed by atoms with E-state index in [1.807, 2.05) is 6.92 Å². The number of carbonyl (C=O) groups is 1. The molecule has 0 atom stereocenters. The van der Waals surface area contributed by atoms with Crippen molar-refractivity contribution in [3.8, 4) is 5.75 Å². The van der Waals surface area contributed by atoms with Crippen LogP contribution in [0.25, 0.3) is 0 Å². The highest BCUT2D eigenvalue weighted by Gasteiger charge is 2.14. The zero-order chi connectivity index (χ0) is 19.7. The molecule has 8 heteroatoms. The van der Waals surface area contributed by atoms with Crippen molar-refractivity contribution in [2.45, 2.75) is 18.2 Å². The van der Waals surface area contributed by atoms with Crippen LogP contribution in [0.5, 0.6) is 5.75 Å². The van der Waals surface area contributed by atoms with Crippen molar-refractivity contribution in [1.82, 2.24) is 0 Å². The van der Waals surface area contributed by atoms with Crippen molar-refractivity contribution in [3.63, 3.8) is 0 Å². The van der Waals surface area contributed by atoms with E-state index in [9.17, 15) is 13.2 Å². The van der Waals surface area contributed by atoms with Crippen LogP contribution in [-0.2, 0) is 23.8 Å². The third-order valence-corrected chi connectivity index (χ3v) is 4.90. The van der Waals surface area contributed by atoms with Gasteiger partial charge in [-0.1, -0.05) is 17.7 Å². The van der Waals surface area contributed by atoms with Crippen molar-refractivity contribution in [3.05, 3.63) is 54.1 Å². The fraction of sp³-hybridized carbons (Fsp3) is 0.316. The van der Waals surface area contributed by atoms with Crippen LogP contribution in [0.3, 0.4) is 0 Å². The zero-order valence-corrected chi connectivity index (χ0v) is 16.1. The van der Waals surface area contributed by atoms with Gasteiger partial charge in [-0.2, -0.15) is 8.42 Å². The summed E-state index contributed by atoms with van der Waals surface area (Å²) in [5, 5.41) is 2.73. The number of anilines is 1. The van der Waals surface area contributed by atoms with Crippen molar-refractivity contribution >= 4 is 21.7 Å². The molecule has 1 N–H and O–H groups in total. The number of benzene rings is 2. The number of amides is 1. The lowest BCUT2D eigenvalue weighted by molar-refractivity contribution is -0.117. The Kier molecular flexibility index (Phi) is 7.78. The maximum absolute atomic E-state index is 12.1. The van der Waals surface area contributed by atoms with Gasteiger partial charge in [-0.3, -0.25) is 8.98 Å². The molecule has 0 bridgehead atoms. The monoisotopic (exact) mass is 393 g/mol. The van der Waals surface area contributed by atoms with E-state index in [0.29, 0.717) is 18.0 Å². The van der Waals surface area contributed by atoms with E-state index < -0.39 is 10.1 Å². The van der Waals surface area contributed by atoms with Crippen LogP contribution in [0, 0.1) is 6.92 Å². The van der Waals surface area contributed by atoms with Crippen LogP contribution in [0.15, 0.2) is 53.4 Å². The lowest BCUT2D eigenvalue weighted by Gasteiger charge is -2.09. The van der Waals surface area contributed by atoms with Gasteiger partial charge in [-0.05, 0) is 43.3 Å². The first-order chi connectivity index (χ1) is 12.9. The summed E-state index contributed by atoms with van der Waals surface area (Å²) in [5.74, 6) is 0.404. The summed E-state index contributed by atoms with van der Waals surface area (Å²) in [4.78, 5) is 11.7. The van der Waals surface area contributed by atoms with Crippen molar-refractivity contribution in [2.24, 2.45) is 0 Å². The molecule has 1 amide bonds. The summed E-state index contributed by atoms with van der Waals surface area (Å²) in [6.45, 7) is 2.20. The molecule has 0 saturated heterocycles. The van der Waals surface area contributed by atoms with Crippen molar-refractivity contribution in [1.29, 1.82) is 0 Å². The maximum atomic E-state index is 12.1. The number of carbonyl (C=O) groups excluding carboxylic acids is 1. The predicted octanol–water partition coefficient (Wildman–Crippen LogP) is 2.75. The number of nitrogens with one attached hydrogen (secondary N) is 1. The van der Waals surface area contributed by atoms with E-state index in [2.05, 4.69) is 5.32 Å². The third-order valence-electron chi connectivity index (χ3n) is 3.57. The summed E-state index contributed by atoms with van der Waals surface area (Å²) in [6.07, 6.45) is 0.279. The van der Waals surface area contributed by atoms with Gasteiger partial charge in [0.1, 0.15) is 19.0 Å². The molecule has 146 valence electrons. The molecule has 0 fully saturated rings. The first-order valence-electron chi connectivity index (χ1n) is 8.38. The van der Waals surface area contributed by atoms with E-state index in [-0.39, 0.29) is 30.4 Å². The third kappa shape index (κ3) is 7.01. The van der Waals surface area contributed by atoms with Gasteiger partial charge in [0, 0.05) is 12.8 Å². The molecule has 0 heterocycles. The highest BCUT2D eigenvalue weighted by atomic mass is 32.2. The minimum absolute atomic E-state index is 0.0740. The average Bonchev–Trinajstić information content (AvgIpc) is 2.65. The molecule has 0 aromatic heterocycles. The van der Waals surface area contributed by atoms with Crippen molar-refractivity contribution < 1.29 is 26.9 Å². The molecule has 0 aliphatic carbocycles. The maximum Gasteiger partial charge on any atom is 0.297 e. The molecule has 7 nitrogen and oxygen atoms in total. The normalized spacial score (nSPS) is 11.2. The first-order valence-corrected chi connectivity index (χ1v) is 9.79. The highest BCUT2D eigenvalue weighted by Crippen LogP contribution is 2.17. The Morgan fingerprint density at radius 3 is 2.26 bits per heavy atom. The molecule has 0 saturated carbocycles. The van der Waals surface area contributed by atoms with E-state index in [0.717, 1.165) is 5.56 Å². The van der Waals surface area contributed by atoms with Crippen LogP contribution in [0.2, 0.25) is 0 Å². The zero-order valence-electron chi connectivity index (χ0n) is 15.3. The van der Waals surface area contributed by atoms with Gasteiger partial charge in [0.15, 0.2) is 0 Å². The van der Waals surface area contributed by atoms with Gasteiger partial charge in [0.2, 0.25) is 5.91 Å². The number of hydrogen-bond donors (Lipinski definition) is 1. The predicted molar refractivity (Wildman–Crippen MR) is 101 cm³/mol. The SMILES string of the molecule is COCCC(=O)Nc1ccc(OCCOS(=O)(=O)c2ccc(C)cc2)cc1. The van der Waals surface area contributed by atoms with E-state index in [1.54, 1.807) is 36.4 Å². The largest absolute Gasteiger partial charge is 0.491 e. The van der Waals surface area contributed by atoms with Gasteiger partial charge >= 0.3 is 0 Å². The molecule has 0 spiro atoms. The summed E-state index contributed by atoms with van der Waals surface area (Å²) >= 11 is 0. The highest BCUT2D eigenvalue weighted by molar-refractivity contribution is 7.86. The number of ether oxygens (including phenoxy) is 2. The molecule has 2 rings (SSSR count). The topological polar surface area (TPSA) is 90.9 Å². The Morgan fingerprint density at radius 2 is 1.63 bits per heavy atom. The summed E-state index contributed by atoms with van der Waals surface area (Å²) in [7, 11) is -2.26. The quantitative estimate of drug-likeness (QED) is 0.493. The van der Waals surface area contributed by atoms with E-state index >= 15 is 0 Å². The summed E-state index contributed by atoms with van der Waals surface area (Å²) in [6, 6.07) is 13.2. The molecule has 0 radical (unpaired) electrons. The van der Waals surface area contributed by atoms with E-state index in [4.69, 9.17) is 13.7 Å². The van der Waals surface area contributed by atoms with Gasteiger partial charge in [0.05, 0.1) is 17.9 Å². The summed E-state index contributed by atoms with van der Waals surface area (Å²) < 4.78 is 39.4. The minimum Gasteiger partial charge on any atom is -0.491 e. The Bertz CT molecular complexity index is 832. The van der Waals surface area contributed by atoms with E-state index in [1.165, 1.54) is 19.2 Å². The Balaban J connectivity index is 1.76. The van der Waals surface area contributed by atoms with Crippen LogP contribution in [0.1, 0.15) is 12.0 Å². The molecule has 0 aliphatic heterocycles. The van der Waals surface area contributed by atoms with Gasteiger partial charge < -0.3 is 14.8 Å². The van der Waals surface area contributed by atoms with Crippen molar-refractivity contribution in [2.75, 3.05) is 32.2 Å². The number of aryl methyl sites for hydroxylation is 1. The van der Waals surface area contributed by atoms with Crippen LogP contribution < -0.4 is 10.1 Å². The standard InChI is InChI=1S/C19H23NO6S/c1-15-3-9-18(10-4-15)27(22,23)26-14-13-25-17-7-5-16(6-8-17)20-19(21)11-12-24-2/h3-10H,11-14H2,1-2H3,(H,20,21). The lowest BCUT2D eigenvalue weighted by Crippen LogP contribution is -2.14. The molecule has 0 aliphatic rings. The lowest BCUT2D eigenvalue weighted by atomic mass is 10.2. The molecular weight excluding hydrogens is 370 g/mol. The fourth-order valence-corrected chi connectivity index (χ4v) is 3.02. The second-order valence-corrected chi connectivity index (χ2v) is 7.37. The molecule has 0 unspecified atom stereocenters. The molecule has 2 aromatic carbocycles. The first kappa shape index (κ1) is 20.9. The van der Waals surface area contributed by atoms with Crippen LogP contribution >= 0.6 is 0 Å². The number of hydrogen-bond acceptors (Lipinski definition) is 6. The molecule has 2 aromatic rings. The van der Waals surface area contributed by atoms with Crippen LogP contribution in [0.4, 0.5) is 5.69 Å². The fourth-order valence-electron chi connectivity index (χ4n) is 2.13. The van der Waals surface area contributed by atoms with Gasteiger partial charge in [-0.25, -0.2) is 0 Å². The molecule has 27 heavy (non-hydrogen) atoms. The van der Waals surface area contributed by atoms with Gasteiger partial charge in [0.25, 0.3) is 10.1 Å². The van der Waals surface area contributed by atoms with Gasteiger partial charge in [-0.15, -0.1) is 0 Å². The Hall–Kier alpha value is -2.42. The summed E-state index contributed by atoms with van der Waals surface area (Å²) in [5.41, 5.74) is 1.61. The molecular formula is C19H23NO6S. The van der Waals surface area contributed by atoms with Crippen LogP contribution in [-0.4, -0.2) is 41.3 Å². The second-order valence-electron chi connectivity index (χ2n) is 5.75. The Labute approximate surface area is 159 Å². The average molecular weight is 393 g/mol. The minimum atomic E-state index is -3.80. The second kappa shape index (κ2) is 10.1. The number of rotatable bonds is 10.